The standard InChI is InChI=1S/C13H25NO3/c1-2-17-9-5-8-13(16)14-12-7-4-3-6-11(12)10-15/h11-12,15H,2-10H2,1H3,(H,14,16). The zero-order valence-electron chi connectivity index (χ0n) is 10.8. The van der Waals surface area contributed by atoms with Gasteiger partial charge in [0.2, 0.25) is 5.91 Å². The lowest BCUT2D eigenvalue weighted by molar-refractivity contribution is -0.122. The van der Waals surface area contributed by atoms with Gasteiger partial charge in [-0.15, -0.1) is 0 Å². The molecule has 0 radical (unpaired) electrons. The highest BCUT2D eigenvalue weighted by Crippen LogP contribution is 2.23. The Morgan fingerprint density at radius 3 is 2.88 bits per heavy atom. The second kappa shape index (κ2) is 8.48. The molecule has 1 rings (SSSR count). The van der Waals surface area contributed by atoms with Crippen molar-refractivity contribution in [3.05, 3.63) is 0 Å². The number of hydrogen-bond acceptors (Lipinski definition) is 3. The first-order valence-corrected chi connectivity index (χ1v) is 6.76. The molecule has 1 fully saturated rings. The predicted octanol–water partition coefficient (Wildman–Crippen LogP) is 1.47. The first kappa shape index (κ1) is 14.5. The third kappa shape index (κ3) is 5.50. The molecule has 1 amide bonds. The van der Waals surface area contributed by atoms with Crippen LogP contribution in [0.4, 0.5) is 0 Å². The molecule has 0 heterocycles. The van der Waals surface area contributed by atoms with Gasteiger partial charge in [-0.25, -0.2) is 0 Å². The van der Waals surface area contributed by atoms with E-state index in [4.69, 9.17) is 4.74 Å². The van der Waals surface area contributed by atoms with E-state index in [0.717, 1.165) is 25.7 Å². The van der Waals surface area contributed by atoms with Crippen LogP contribution in [0.1, 0.15) is 45.4 Å². The van der Waals surface area contributed by atoms with E-state index in [2.05, 4.69) is 5.32 Å². The van der Waals surface area contributed by atoms with Gasteiger partial charge >= 0.3 is 0 Å². The molecular weight excluding hydrogens is 218 g/mol. The average Bonchev–Trinajstić information content (AvgIpc) is 2.35. The molecule has 4 nitrogen and oxygen atoms in total. The lowest BCUT2D eigenvalue weighted by Crippen LogP contribution is -2.43. The fraction of sp³-hybridized carbons (Fsp3) is 0.923. The molecule has 0 aliphatic heterocycles. The topological polar surface area (TPSA) is 58.6 Å². The van der Waals surface area contributed by atoms with E-state index >= 15 is 0 Å². The quantitative estimate of drug-likeness (QED) is 0.666. The van der Waals surface area contributed by atoms with Crippen molar-refractivity contribution in [1.82, 2.24) is 5.32 Å². The molecule has 0 saturated heterocycles. The van der Waals surface area contributed by atoms with Crippen molar-refractivity contribution < 1.29 is 14.6 Å². The number of aliphatic hydroxyl groups excluding tert-OH is 1. The van der Waals surface area contributed by atoms with E-state index in [1.54, 1.807) is 0 Å². The van der Waals surface area contributed by atoms with Crippen LogP contribution in [0.15, 0.2) is 0 Å². The summed E-state index contributed by atoms with van der Waals surface area (Å²) in [6.45, 7) is 3.49. The third-order valence-electron chi connectivity index (χ3n) is 3.39. The minimum absolute atomic E-state index is 0.0926. The monoisotopic (exact) mass is 243 g/mol. The molecule has 2 N–H and O–H groups in total. The molecule has 0 spiro atoms. The highest BCUT2D eigenvalue weighted by Gasteiger charge is 2.25. The zero-order chi connectivity index (χ0) is 12.5. The van der Waals surface area contributed by atoms with Crippen molar-refractivity contribution in [1.29, 1.82) is 0 Å². The largest absolute Gasteiger partial charge is 0.396 e. The molecule has 0 aromatic heterocycles. The summed E-state index contributed by atoms with van der Waals surface area (Å²) in [5.41, 5.74) is 0. The number of aliphatic hydroxyl groups is 1. The van der Waals surface area contributed by atoms with Gasteiger partial charge < -0.3 is 15.2 Å². The van der Waals surface area contributed by atoms with Crippen LogP contribution >= 0.6 is 0 Å². The maximum atomic E-state index is 11.7. The maximum absolute atomic E-state index is 11.7. The summed E-state index contributed by atoms with van der Waals surface area (Å²) in [7, 11) is 0. The van der Waals surface area contributed by atoms with Crippen LogP contribution in [0.25, 0.3) is 0 Å². The van der Waals surface area contributed by atoms with Crippen molar-refractivity contribution in [2.45, 2.75) is 51.5 Å². The summed E-state index contributed by atoms with van der Waals surface area (Å²) in [4.78, 5) is 11.7. The Hall–Kier alpha value is -0.610. The molecular formula is C13H25NO3. The summed E-state index contributed by atoms with van der Waals surface area (Å²) in [6.07, 6.45) is 5.65. The van der Waals surface area contributed by atoms with Gasteiger partial charge in [0.25, 0.3) is 0 Å². The lowest BCUT2D eigenvalue weighted by Gasteiger charge is -2.30. The summed E-state index contributed by atoms with van der Waals surface area (Å²) in [6, 6.07) is 0.174. The molecule has 2 atom stereocenters. The Labute approximate surface area is 104 Å². The van der Waals surface area contributed by atoms with Crippen LogP contribution in [-0.2, 0) is 9.53 Å². The van der Waals surface area contributed by atoms with Gasteiger partial charge in [-0.3, -0.25) is 4.79 Å². The minimum atomic E-state index is 0.0926. The first-order chi connectivity index (χ1) is 8.27. The number of amides is 1. The van der Waals surface area contributed by atoms with Crippen molar-refractivity contribution in [2.24, 2.45) is 5.92 Å². The first-order valence-electron chi connectivity index (χ1n) is 6.76. The van der Waals surface area contributed by atoms with Gasteiger partial charge in [0.05, 0.1) is 0 Å². The number of carbonyl (C=O) groups is 1. The SMILES string of the molecule is CCOCCCC(=O)NC1CCCCC1CO. The Morgan fingerprint density at radius 2 is 2.18 bits per heavy atom. The number of rotatable bonds is 7. The van der Waals surface area contributed by atoms with Gasteiger partial charge in [-0.1, -0.05) is 12.8 Å². The molecule has 1 aliphatic carbocycles. The summed E-state index contributed by atoms with van der Waals surface area (Å²) in [5.74, 6) is 0.342. The normalized spacial score (nSPS) is 24.6. The molecule has 0 aromatic carbocycles. The summed E-state index contributed by atoms with van der Waals surface area (Å²) in [5, 5.41) is 12.3. The van der Waals surface area contributed by atoms with Crippen LogP contribution < -0.4 is 5.32 Å². The van der Waals surface area contributed by atoms with E-state index in [9.17, 15) is 9.90 Å². The number of nitrogens with one attached hydrogen (secondary N) is 1. The molecule has 1 saturated carbocycles. The fourth-order valence-electron chi connectivity index (χ4n) is 2.37. The second-order valence-electron chi connectivity index (χ2n) is 4.70. The molecule has 0 aromatic rings. The van der Waals surface area contributed by atoms with Gasteiger partial charge in [0.1, 0.15) is 0 Å². The molecule has 4 heteroatoms. The van der Waals surface area contributed by atoms with Gasteiger partial charge in [-0.05, 0) is 26.2 Å². The zero-order valence-corrected chi connectivity index (χ0v) is 10.8. The van der Waals surface area contributed by atoms with Crippen molar-refractivity contribution >= 4 is 5.91 Å². The van der Waals surface area contributed by atoms with E-state index in [1.165, 1.54) is 6.42 Å². The highest BCUT2D eigenvalue weighted by molar-refractivity contribution is 5.76. The number of hydrogen-bond donors (Lipinski definition) is 2. The minimum Gasteiger partial charge on any atom is -0.396 e. The molecule has 2 unspecified atom stereocenters. The van der Waals surface area contributed by atoms with Gasteiger partial charge in [0.15, 0.2) is 0 Å². The van der Waals surface area contributed by atoms with Crippen molar-refractivity contribution in [3.63, 3.8) is 0 Å². The number of carbonyl (C=O) groups excluding carboxylic acids is 1. The van der Waals surface area contributed by atoms with Gasteiger partial charge in [0, 0.05) is 38.2 Å². The Balaban J connectivity index is 2.19. The van der Waals surface area contributed by atoms with Crippen LogP contribution in [0.5, 0.6) is 0 Å². The van der Waals surface area contributed by atoms with E-state index in [0.29, 0.717) is 19.6 Å². The maximum Gasteiger partial charge on any atom is 0.220 e. The van der Waals surface area contributed by atoms with E-state index < -0.39 is 0 Å². The van der Waals surface area contributed by atoms with Crippen molar-refractivity contribution in [3.8, 4) is 0 Å². The Morgan fingerprint density at radius 1 is 1.41 bits per heavy atom. The second-order valence-corrected chi connectivity index (χ2v) is 4.70. The summed E-state index contributed by atoms with van der Waals surface area (Å²) < 4.78 is 5.20. The third-order valence-corrected chi connectivity index (χ3v) is 3.39. The average molecular weight is 243 g/mol. The fourth-order valence-corrected chi connectivity index (χ4v) is 2.37. The van der Waals surface area contributed by atoms with Crippen LogP contribution in [0.2, 0.25) is 0 Å². The molecule has 17 heavy (non-hydrogen) atoms. The molecule has 1 aliphatic rings. The van der Waals surface area contributed by atoms with Crippen LogP contribution in [-0.4, -0.2) is 36.9 Å². The van der Waals surface area contributed by atoms with Crippen LogP contribution in [0.3, 0.4) is 0 Å². The van der Waals surface area contributed by atoms with E-state index in [-0.39, 0.29) is 24.5 Å². The molecule has 0 bridgehead atoms. The lowest BCUT2D eigenvalue weighted by atomic mass is 9.85. The molecule has 100 valence electrons. The predicted molar refractivity (Wildman–Crippen MR) is 66.7 cm³/mol. The number of ether oxygens (including phenoxy) is 1. The Bertz CT molecular complexity index is 221. The Kier molecular flexibility index (Phi) is 7.21. The van der Waals surface area contributed by atoms with Crippen molar-refractivity contribution in [2.75, 3.05) is 19.8 Å². The van der Waals surface area contributed by atoms with Gasteiger partial charge in [-0.2, -0.15) is 0 Å². The van der Waals surface area contributed by atoms with E-state index in [1.807, 2.05) is 6.92 Å². The van der Waals surface area contributed by atoms with Crippen LogP contribution in [0, 0.1) is 5.92 Å². The smallest absolute Gasteiger partial charge is 0.220 e. The highest BCUT2D eigenvalue weighted by atomic mass is 16.5. The summed E-state index contributed by atoms with van der Waals surface area (Å²) >= 11 is 0.